The third-order valence-electron chi connectivity index (χ3n) is 5.73. The summed E-state index contributed by atoms with van der Waals surface area (Å²) in [5.74, 6) is 0.0964. The number of nitrogens with zero attached hydrogens (tertiary/aromatic N) is 2. The van der Waals surface area contributed by atoms with Gasteiger partial charge >= 0.3 is 0 Å². The molecule has 7 heteroatoms. The van der Waals surface area contributed by atoms with Crippen LogP contribution in [0.25, 0.3) is 0 Å². The summed E-state index contributed by atoms with van der Waals surface area (Å²) >= 11 is 0. The average molecular weight is 428 g/mol. The van der Waals surface area contributed by atoms with Crippen molar-refractivity contribution in [2.75, 3.05) is 0 Å². The molecule has 1 aliphatic carbocycles. The Labute approximate surface area is 177 Å². The molecular weight excluding hydrogens is 401 g/mol. The molecule has 2 aromatic carbocycles. The largest absolute Gasteiger partial charge is 0.274 e. The molecule has 0 aliphatic heterocycles. The highest BCUT2D eigenvalue weighted by molar-refractivity contribution is 7.89. The van der Waals surface area contributed by atoms with Crippen LogP contribution >= 0.6 is 0 Å². The molecule has 0 fully saturated rings. The van der Waals surface area contributed by atoms with Gasteiger partial charge in [-0.2, -0.15) is 5.10 Å². The number of aromatic nitrogens is 2. The first-order valence-corrected chi connectivity index (χ1v) is 11.7. The molecule has 5 nitrogen and oxygen atoms in total. The molecular formula is C23H26FN3O2S. The van der Waals surface area contributed by atoms with Crippen molar-refractivity contribution in [1.29, 1.82) is 0 Å². The van der Waals surface area contributed by atoms with E-state index >= 15 is 0 Å². The molecule has 30 heavy (non-hydrogen) atoms. The minimum Gasteiger partial charge on any atom is -0.274 e. The molecule has 1 atom stereocenters. The van der Waals surface area contributed by atoms with Gasteiger partial charge in [-0.15, -0.1) is 0 Å². The molecule has 1 aliphatic rings. The Morgan fingerprint density at radius 3 is 2.80 bits per heavy atom. The quantitative estimate of drug-likeness (QED) is 0.603. The van der Waals surface area contributed by atoms with Crippen LogP contribution in [0.15, 0.2) is 59.8 Å². The summed E-state index contributed by atoms with van der Waals surface area (Å²) in [4.78, 5) is 0.156. The fourth-order valence-electron chi connectivity index (χ4n) is 4.18. The Hall–Kier alpha value is -2.51. The summed E-state index contributed by atoms with van der Waals surface area (Å²) in [6.45, 7) is 0.219. The number of aryl methyl sites for hydroxylation is 2. The normalized spacial score (nSPS) is 16.8. The van der Waals surface area contributed by atoms with Crippen molar-refractivity contribution in [3.8, 4) is 0 Å². The maximum atomic E-state index is 13.6. The van der Waals surface area contributed by atoms with Gasteiger partial charge < -0.3 is 0 Å². The van der Waals surface area contributed by atoms with Crippen LogP contribution in [-0.4, -0.2) is 18.2 Å². The third-order valence-corrected chi connectivity index (χ3v) is 7.08. The lowest BCUT2D eigenvalue weighted by Gasteiger charge is -2.19. The fraction of sp³-hybridized carbons (Fsp3) is 0.348. The molecule has 3 aromatic rings. The number of sulfonamides is 1. The van der Waals surface area contributed by atoms with Crippen molar-refractivity contribution in [1.82, 2.24) is 14.5 Å². The molecule has 0 saturated heterocycles. The highest BCUT2D eigenvalue weighted by Crippen LogP contribution is 2.34. The van der Waals surface area contributed by atoms with Crippen LogP contribution in [0.4, 0.5) is 4.39 Å². The highest BCUT2D eigenvalue weighted by atomic mass is 32.2. The Kier molecular flexibility index (Phi) is 6.01. The lowest BCUT2D eigenvalue weighted by molar-refractivity contribution is 0.580. The van der Waals surface area contributed by atoms with Crippen LogP contribution in [0, 0.1) is 5.82 Å². The second kappa shape index (κ2) is 8.70. The molecule has 1 N–H and O–H groups in total. The van der Waals surface area contributed by atoms with E-state index in [4.69, 9.17) is 0 Å². The third kappa shape index (κ3) is 4.79. The zero-order valence-corrected chi connectivity index (χ0v) is 17.8. The summed E-state index contributed by atoms with van der Waals surface area (Å²) < 4.78 is 42.8. The number of benzene rings is 2. The molecule has 1 aromatic heterocycles. The van der Waals surface area contributed by atoms with E-state index in [1.165, 1.54) is 34.3 Å². The lowest BCUT2D eigenvalue weighted by Crippen LogP contribution is -2.23. The van der Waals surface area contributed by atoms with Gasteiger partial charge in [0.2, 0.25) is 10.0 Å². The van der Waals surface area contributed by atoms with Gasteiger partial charge in [0.25, 0.3) is 0 Å². The van der Waals surface area contributed by atoms with E-state index in [0.717, 1.165) is 43.2 Å². The van der Waals surface area contributed by atoms with Crippen molar-refractivity contribution >= 4 is 10.0 Å². The predicted molar refractivity (Wildman–Crippen MR) is 114 cm³/mol. The van der Waals surface area contributed by atoms with Crippen LogP contribution in [-0.2, 0) is 36.5 Å². The molecule has 4 rings (SSSR count). The summed E-state index contributed by atoms with van der Waals surface area (Å²) in [6.07, 6.45) is 7.96. The molecule has 1 heterocycles. The van der Waals surface area contributed by atoms with Crippen molar-refractivity contribution < 1.29 is 12.8 Å². The molecule has 0 bridgehead atoms. The summed E-state index contributed by atoms with van der Waals surface area (Å²) in [7, 11) is -1.92. The van der Waals surface area contributed by atoms with E-state index in [-0.39, 0.29) is 17.3 Å². The smallest absolute Gasteiger partial charge is 0.243 e. The second-order valence-electron chi connectivity index (χ2n) is 7.98. The highest BCUT2D eigenvalue weighted by Gasteiger charge is 2.21. The van der Waals surface area contributed by atoms with E-state index in [0.29, 0.717) is 5.92 Å². The van der Waals surface area contributed by atoms with Crippen LogP contribution in [0.2, 0.25) is 0 Å². The summed E-state index contributed by atoms with van der Waals surface area (Å²) in [5.41, 5.74) is 4.49. The first-order valence-electron chi connectivity index (χ1n) is 10.3. The van der Waals surface area contributed by atoms with E-state index in [1.807, 2.05) is 12.1 Å². The van der Waals surface area contributed by atoms with Gasteiger partial charge in [-0.05, 0) is 66.0 Å². The van der Waals surface area contributed by atoms with Gasteiger partial charge in [0.15, 0.2) is 0 Å². The van der Waals surface area contributed by atoms with Crippen molar-refractivity contribution in [2.45, 2.75) is 49.5 Å². The van der Waals surface area contributed by atoms with Gasteiger partial charge in [-0.25, -0.2) is 17.5 Å². The fourth-order valence-corrected chi connectivity index (χ4v) is 5.18. The standard InChI is InChI=1S/C23H26FN3O2S/c1-27-16-22(15-25-27)30(28,29)26-14-18-9-10-19-6-2-3-7-20(23(19)13-18)11-17-5-4-8-21(24)12-17/h4-5,8-10,12-13,15-16,20,26H,2-3,6-7,11,14H2,1H3. The van der Waals surface area contributed by atoms with E-state index < -0.39 is 10.0 Å². The lowest BCUT2D eigenvalue weighted by atomic mass is 9.86. The Bertz CT molecular complexity index is 1140. The maximum absolute atomic E-state index is 13.6. The first-order chi connectivity index (χ1) is 14.4. The van der Waals surface area contributed by atoms with Crippen LogP contribution in [0.3, 0.4) is 0 Å². The van der Waals surface area contributed by atoms with Crippen molar-refractivity contribution in [3.63, 3.8) is 0 Å². The summed E-state index contributed by atoms with van der Waals surface area (Å²) in [5, 5.41) is 3.93. The number of halogens is 1. The van der Waals surface area contributed by atoms with Crippen LogP contribution in [0.1, 0.15) is 47.4 Å². The Balaban J connectivity index is 1.55. The van der Waals surface area contributed by atoms with E-state index in [9.17, 15) is 12.8 Å². The van der Waals surface area contributed by atoms with E-state index in [1.54, 1.807) is 19.2 Å². The summed E-state index contributed by atoms with van der Waals surface area (Å²) in [6, 6.07) is 13.0. The average Bonchev–Trinajstić information content (AvgIpc) is 3.07. The molecule has 0 spiro atoms. The number of nitrogens with one attached hydrogen (secondary N) is 1. The molecule has 158 valence electrons. The van der Waals surface area contributed by atoms with Crippen molar-refractivity contribution in [3.05, 3.63) is 82.9 Å². The van der Waals surface area contributed by atoms with Crippen molar-refractivity contribution in [2.24, 2.45) is 7.05 Å². The SMILES string of the molecule is Cn1cc(S(=O)(=O)NCc2ccc3c(c2)C(Cc2cccc(F)c2)CCCC3)cn1. The minimum absolute atomic E-state index is 0.156. The number of hydrogen-bond donors (Lipinski definition) is 1. The zero-order chi connectivity index (χ0) is 21.1. The zero-order valence-electron chi connectivity index (χ0n) is 17.0. The van der Waals surface area contributed by atoms with Gasteiger partial charge in [-0.1, -0.05) is 36.8 Å². The van der Waals surface area contributed by atoms with Crippen LogP contribution < -0.4 is 4.72 Å². The Morgan fingerprint density at radius 1 is 1.17 bits per heavy atom. The predicted octanol–water partition coefficient (Wildman–Crippen LogP) is 4.09. The van der Waals surface area contributed by atoms with Gasteiger partial charge in [0.05, 0.1) is 6.20 Å². The number of fused-ring (bicyclic) bond motifs is 1. The second-order valence-corrected chi connectivity index (χ2v) is 9.75. The van der Waals surface area contributed by atoms with Gasteiger partial charge in [0, 0.05) is 19.8 Å². The first kappa shape index (κ1) is 20.8. The molecule has 1 unspecified atom stereocenters. The monoisotopic (exact) mass is 427 g/mol. The minimum atomic E-state index is -3.61. The number of rotatable bonds is 6. The number of hydrogen-bond acceptors (Lipinski definition) is 3. The molecule has 0 radical (unpaired) electrons. The van der Waals surface area contributed by atoms with Crippen LogP contribution in [0.5, 0.6) is 0 Å². The molecule has 0 amide bonds. The Morgan fingerprint density at radius 2 is 2.03 bits per heavy atom. The molecule has 0 saturated carbocycles. The maximum Gasteiger partial charge on any atom is 0.243 e. The van der Waals surface area contributed by atoms with Gasteiger partial charge in [-0.3, -0.25) is 4.68 Å². The topological polar surface area (TPSA) is 64.0 Å². The van der Waals surface area contributed by atoms with Gasteiger partial charge in [0.1, 0.15) is 10.7 Å². The van der Waals surface area contributed by atoms with E-state index in [2.05, 4.69) is 22.0 Å².